The van der Waals surface area contributed by atoms with E-state index in [0.29, 0.717) is 24.9 Å². The summed E-state index contributed by atoms with van der Waals surface area (Å²) < 4.78 is 80.5. The molecule has 0 radical (unpaired) electrons. The molecule has 3 aromatic rings. The summed E-state index contributed by atoms with van der Waals surface area (Å²) in [5.41, 5.74) is 0.965. The summed E-state index contributed by atoms with van der Waals surface area (Å²) in [5.74, 6) is -2.90. The van der Waals surface area contributed by atoms with Gasteiger partial charge in [0.2, 0.25) is 11.9 Å². The molecular weight excluding hydrogens is 448 g/mol. The van der Waals surface area contributed by atoms with Gasteiger partial charge in [-0.05, 0) is 49.1 Å². The Labute approximate surface area is 185 Å². The third kappa shape index (κ3) is 5.82. The largest absolute Gasteiger partial charge is 0.406 e. The second-order valence-electron chi connectivity index (χ2n) is 8.14. The van der Waals surface area contributed by atoms with Gasteiger partial charge in [-0.1, -0.05) is 0 Å². The molecule has 0 bridgehead atoms. The third-order valence-electron chi connectivity index (χ3n) is 5.59. The number of nitrogens with zero attached hydrogens (tertiary/aromatic N) is 4. The minimum atomic E-state index is -4.49. The third-order valence-corrected chi connectivity index (χ3v) is 5.59. The Balaban J connectivity index is 1.61. The summed E-state index contributed by atoms with van der Waals surface area (Å²) in [6.07, 6.45) is -1.63. The quantitative estimate of drug-likeness (QED) is 0.454. The molecule has 0 unspecified atom stereocenters. The average molecular weight is 469 g/mol. The van der Waals surface area contributed by atoms with E-state index in [1.54, 1.807) is 0 Å². The van der Waals surface area contributed by atoms with Crippen LogP contribution in [0.5, 0.6) is 0 Å². The van der Waals surface area contributed by atoms with Crippen molar-refractivity contribution in [1.82, 2.24) is 19.5 Å². The first kappa shape index (κ1) is 23.1. The molecule has 1 aliphatic carbocycles. The molecule has 0 amide bonds. The number of rotatable bonds is 6. The highest BCUT2D eigenvalue weighted by Crippen LogP contribution is 2.36. The van der Waals surface area contributed by atoms with Crippen molar-refractivity contribution in [1.29, 1.82) is 0 Å². The molecule has 2 heterocycles. The smallest absolute Gasteiger partial charge is 0.354 e. The molecule has 1 saturated carbocycles. The van der Waals surface area contributed by atoms with Crippen molar-refractivity contribution < 1.29 is 26.3 Å². The summed E-state index contributed by atoms with van der Waals surface area (Å²) in [4.78, 5) is 12.6. The molecule has 1 fully saturated rings. The van der Waals surface area contributed by atoms with Crippen molar-refractivity contribution in [3.8, 4) is 22.6 Å². The van der Waals surface area contributed by atoms with E-state index in [9.17, 15) is 26.3 Å². The lowest BCUT2D eigenvalue weighted by Crippen LogP contribution is -2.28. The Kier molecular flexibility index (Phi) is 6.31. The standard InChI is InChI=1S/C22H21F6N5/c23-16-3-1-15(2-4-16)18-19(33(13-31-18)12-22(26,27)28)17-7-10-29-20(32-17)30-11-14-5-8-21(24,25)9-6-14/h1-4,7,10,13-14H,5-6,8-9,11-12H2,(H,29,30,32). The van der Waals surface area contributed by atoms with Crippen LogP contribution in [0.3, 0.4) is 0 Å². The Morgan fingerprint density at radius 2 is 1.73 bits per heavy atom. The molecule has 176 valence electrons. The zero-order chi connectivity index (χ0) is 23.6. The van der Waals surface area contributed by atoms with E-state index in [2.05, 4.69) is 20.3 Å². The van der Waals surface area contributed by atoms with Gasteiger partial charge < -0.3 is 9.88 Å². The molecule has 11 heteroatoms. The average Bonchev–Trinajstić information content (AvgIpc) is 3.15. The Bertz CT molecular complexity index is 1080. The van der Waals surface area contributed by atoms with E-state index >= 15 is 0 Å². The van der Waals surface area contributed by atoms with Crippen molar-refractivity contribution in [3.05, 3.63) is 48.7 Å². The fourth-order valence-corrected chi connectivity index (χ4v) is 3.90. The van der Waals surface area contributed by atoms with Gasteiger partial charge in [0.25, 0.3) is 0 Å². The fourth-order valence-electron chi connectivity index (χ4n) is 3.90. The van der Waals surface area contributed by atoms with E-state index in [4.69, 9.17) is 0 Å². The van der Waals surface area contributed by atoms with Crippen LogP contribution in [0.25, 0.3) is 22.6 Å². The molecular formula is C22H21F6N5. The van der Waals surface area contributed by atoms with Gasteiger partial charge in [-0.25, -0.2) is 28.1 Å². The number of alkyl halides is 5. The zero-order valence-corrected chi connectivity index (χ0v) is 17.4. The first-order valence-corrected chi connectivity index (χ1v) is 10.4. The van der Waals surface area contributed by atoms with Crippen LogP contribution >= 0.6 is 0 Å². The Hall–Kier alpha value is -3.11. The number of hydrogen-bond donors (Lipinski definition) is 1. The lowest BCUT2D eigenvalue weighted by atomic mass is 9.87. The normalized spacial score (nSPS) is 16.7. The molecule has 0 atom stereocenters. The second-order valence-corrected chi connectivity index (χ2v) is 8.14. The Morgan fingerprint density at radius 3 is 2.39 bits per heavy atom. The van der Waals surface area contributed by atoms with Crippen molar-refractivity contribution >= 4 is 5.95 Å². The summed E-state index contributed by atoms with van der Waals surface area (Å²) in [5, 5.41) is 3.01. The molecule has 2 aromatic heterocycles. The van der Waals surface area contributed by atoms with Gasteiger partial charge in [-0.15, -0.1) is 0 Å². The van der Waals surface area contributed by atoms with Crippen LogP contribution in [0.2, 0.25) is 0 Å². The van der Waals surface area contributed by atoms with E-state index in [1.807, 2.05) is 0 Å². The van der Waals surface area contributed by atoms with Gasteiger partial charge >= 0.3 is 6.18 Å². The molecule has 5 nitrogen and oxygen atoms in total. The molecule has 1 aliphatic rings. The number of nitrogens with one attached hydrogen (secondary N) is 1. The van der Waals surface area contributed by atoms with Gasteiger partial charge in [-0.2, -0.15) is 13.2 Å². The second kappa shape index (κ2) is 9.03. The molecule has 4 rings (SSSR count). The van der Waals surface area contributed by atoms with E-state index in [1.165, 1.54) is 36.5 Å². The van der Waals surface area contributed by atoms with Crippen LogP contribution in [0.4, 0.5) is 32.3 Å². The highest BCUT2D eigenvalue weighted by Gasteiger charge is 2.35. The maximum absolute atomic E-state index is 13.4. The van der Waals surface area contributed by atoms with Crippen LogP contribution in [-0.4, -0.2) is 38.2 Å². The Morgan fingerprint density at radius 1 is 1.03 bits per heavy atom. The van der Waals surface area contributed by atoms with E-state index < -0.39 is 24.5 Å². The molecule has 0 saturated heterocycles. The van der Waals surface area contributed by atoms with Gasteiger partial charge in [0.1, 0.15) is 12.4 Å². The predicted octanol–water partition coefficient (Wildman–Crippen LogP) is 5.95. The summed E-state index contributed by atoms with van der Waals surface area (Å²) in [6, 6.07) is 6.71. The van der Waals surface area contributed by atoms with Crippen molar-refractivity contribution in [2.24, 2.45) is 5.92 Å². The number of aromatic nitrogens is 4. The minimum absolute atomic E-state index is 0.0300. The van der Waals surface area contributed by atoms with Crippen LogP contribution < -0.4 is 5.32 Å². The van der Waals surface area contributed by atoms with Gasteiger partial charge in [-0.3, -0.25) is 0 Å². The molecule has 0 spiro atoms. The van der Waals surface area contributed by atoms with Crippen LogP contribution in [0.1, 0.15) is 25.7 Å². The van der Waals surface area contributed by atoms with Gasteiger partial charge in [0, 0.05) is 31.1 Å². The first-order valence-electron chi connectivity index (χ1n) is 10.4. The maximum Gasteiger partial charge on any atom is 0.406 e. The number of imidazole rings is 1. The molecule has 1 aromatic carbocycles. The van der Waals surface area contributed by atoms with Crippen LogP contribution in [-0.2, 0) is 6.54 Å². The minimum Gasteiger partial charge on any atom is -0.354 e. The topological polar surface area (TPSA) is 55.6 Å². The number of anilines is 1. The lowest BCUT2D eigenvalue weighted by Gasteiger charge is -2.28. The monoisotopic (exact) mass is 469 g/mol. The number of hydrogen-bond acceptors (Lipinski definition) is 4. The number of benzene rings is 1. The molecule has 1 N–H and O–H groups in total. The summed E-state index contributed by atoms with van der Waals surface area (Å²) in [6.45, 7) is -0.897. The van der Waals surface area contributed by atoms with Gasteiger partial charge in [0.15, 0.2) is 0 Å². The van der Waals surface area contributed by atoms with Crippen LogP contribution in [0, 0.1) is 11.7 Å². The SMILES string of the molecule is Fc1ccc(-c2ncn(CC(F)(F)F)c2-c2ccnc(NCC3CCC(F)(F)CC3)n2)cc1. The van der Waals surface area contributed by atoms with Crippen molar-refractivity contribution in [2.75, 3.05) is 11.9 Å². The summed E-state index contributed by atoms with van der Waals surface area (Å²) in [7, 11) is 0. The first-order chi connectivity index (χ1) is 15.6. The molecule has 0 aliphatic heterocycles. The highest BCUT2D eigenvalue weighted by molar-refractivity contribution is 5.77. The highest BCUT2D eigenvalue weighted by atomic mass is 19.4. The number of halogens is 6. The van der Waals surface area contributed by atoms with Gasteiger partial charge in [0.05, 0.1) is 23.4 Å². The van der Waals surface area contributed by atoms with E-state index in [-0.39, 0.29) is 41.8 Å². The summed E-state index contributed by atoms with van der Waals surface area (Å²) >= 11 is 0. The van der Waals surface area contributed by atoms with Crippen molar-refractivity contribution in [3.63, 3.8) is 0 Å². The van der Waals surface area contributed by atoms with Crippen LogP contribution in [0.15, 0.2) is 42.9 Å². The van der Waals surface area contributed by atoms with Crippen molar-refractivity contribution in [2.45, 2.75) is 44.3 Å². The zero-order valence-electron chi connectivity index (χ0n) is 17.4. The molecule has 33 heavy (non-hydrogen) atoms. The fraction of sp³-hybridized carbons (Fsp3) is 0.409. The lowest BCUT2D eigenvalue weighted by molar-refractivity contribution is -0.140. The predicted molar refractivity (Wildman–Crippen MR) is 110 cm³/mol. The van der Waals surface area contributed by atoms with E-state index in [0.717, 1.165) is 10.9 Å². The maximum atomic E-state index is 13.4.